The largest absolute Gasteiger partial charge is 0.497 e. The van der Waals surface area contributed by atoms with Crippen LogP contribution in [0.3, 0.4) is 0 Å². The number of nitrogens with two attached hydrogens (primary N) is 1. The topological polar surface area (TPSA) is 61.3 Å². The first kappa shape index (κ1) is 9.83. The number of aromatic nitrogens is 1. The summed E-state index contributed by atoms with van der Waals surface area (Å²) in [4.78, 5) is 4.16. The molecular weight excluding hydrogens is 192 g/mol. The molecule has 0 spiro atoms. The average Bonchev–Trinajstić information content (AvgIpc) is 2.58. The van der Waals surface area contributed by atoms with E-state index in [1.165, 1.54) is 0 Å². The monoisotopic (exact) mass is 206 g/mol. The highest BCUT2D eigenvalue weighted by Crippen LogP contribution is 2.27. The summed E-state index contributed by atoms with van der Waals surface area (Å²) in [7, 11) is 1.64. The third-order valence-electron chi connectivity index (χ3n) is 2.32. The van der Waals surface area contributed by atoms with Crippen LogP contribution in [0.15, 0.2) is 16.5 Å². The molecule has 0 unspecified atom stereocenters. The lowest BCUT2D eigenvalue weighted by atomic mass is 10.1. The van der Waals surface area contributed by atoms with E-state index >= 15 is 0 Å². The molecule has 0 saturated carbocycles. The molecular formula is C11H14N2O2. The number of methoxy groups -OCH3 is 1. The number of aryl methyl sites for hydroxylation is 1. The van der Waals surface area contributed by atoms with Crippen LogP contribution >= 0.6 is 0 Å². The van der Waals surface area contributed by atoms with Gasteiger partial charge < -0.3 is 14.9 Å². The maximum absolute atomic E-state index is 5.53. The van der Waals surface area contributed by atoms with Crippen molar-refractivity contribution in [1.29, 1.82) is 0 Å². The molecule has 0 aliphatic heterocycles. The Morgan fingerprint density at radius 1 is 1.47 bits per heavy atom. The molecule has 0 aliphatic rings. The molecule has 2 aromatic rings. The third kappa shape index (κ3) is 1.75. The predicted molar refractivity (Wildman–Crippen MR) is 59.0 cm³/mol. The number of nitrogen functional groups attached to an aromatic ring is 1. The highest BCUT2D eigenvalue weighted by molar-refractivity contribution is 5.79. The van der Waals surface area contributed by atoms with Crippen LogP contribution < -0.4 is 10.5 Å². The van der Waals surface area contributed by atoms with Gasteiger partial charge in [0.1, 0.15) is 11.3 Å². The van der Waals surface area contributed by atoms with Crippen molar-refractivity contribution >= 4 is 17.1 Å². The highest BCUT2D eigenvalue weighted by atomic mass is 16.5. The zero-order valence-electron chi connectivity index (χ0n) is 8.91. The van der Waals surface area contributed by atoms with Crippen molar-refractivity contribution in [2.24, 2.45) is 0 Å². The van der Waals surface area contributed by atoms with E-state index in [0.29, 0.717) is 5.58 Å². The number of anilines is 1. The summed E-state index contributed by atoms with van der Waals surface area (Å²) in [5.41, 5.74) is 8.18. The molecule has 2 rings (SSSR count). The van der Waals surface area contributed by atoms with E-state index in [-0.39, 0.29) is 6.01 Å². The summed E-state index contributed by atoms with van der Waals surface area (Å²) in [6, 6.07) is 3.99. The summed E-state index contributed by atoms with van der Waals surface area (Å²) in [6.45, 7) is 2.12. The van der Waals surface area contributed by atoms with Gasteiger partial charge in [-0.3, -0.25) is 0 Å². The molecule has 0 radical (unpaired) electrons. The maximum atomic E-state index is 5.53. The van der Waals surface area contributed by atoms with E-state index < -0.39 is 0 Å². The van der Waals surface area contributed by atoms with Gasteiger partial charge in [0.25, 0.3) is 6.01 Å². The van der Waals surface area contributed by atoms with Crippen molar-refractivity contribution in [3.8, 4) is 5.75 Å². The lowest BCUT2D eigenvalue weighted by Gasteiger charge is -2.03. The molecule has 4 heteroatoms. The minimum atomic E-state index is 0.204. The number of benzene rings is 1. The fourth-order valence-electron chi connectivity index (χ4n) is 1.67. The van der Waals surface area contributed by atoms with Crippen molar-refractivity contribution in [3.05, 3.63) is 17.7 Å². The second-order valence-corrected chi connectivity index (χ2v) is 3.44. The number of rotatable bonds is 3. The minimum absolute atomic E-state index is 0.204. The van der Waals surface area contributed by atoms with Gasteiger partial charge in [0.05, 0.1) is 7.11 Å². The fourth-order valence-corrected chi connectivity index (χ4v) is 1.67. The van der Waals surface area contributed by atoms with Gasteiger partial charge in [0.15, 0.2) is 5.58 Å². The SMILES string of the molecule is CCCc1cc(OC)cc2oc(N)nc12. The predicted octanol–water partition coefficient (Wildman–Crippen LogP) is 2.37. The summed E-state index contributed by atoms with van der Waals surface area (Å²) in [6.07, 6.45) is 1.99. The van der Waals surface area contributed by atoms with E-state index in [0.717, 1.165) is 29.7 Å². The number of oxazole rings is 1. The maximum Gasteiger partial charge on any atom is 0.292 e. The Morgan fingerprint density at radius 3 is 2.93 bits per heavy atom. The summed E-state index contributed by atoms with van der Waals surface area (Å²) >= 11 is 0. The van der Waals surface area contributed by atoms with Crippen LogP contribution in [0, 0.1) is 0 Å². The van der Waals surface area contributed by atoms with Gasteiger partial charge in [0.2, 0.25) is 0 Å². The Hall–Kier alpha value is -1.71. The molecule has 0 fully saturated rings. The molecule has 0 saturated heterocycles. The van der Waals surface area contributed by atoms with Crippen LogP contribution in [-0.2, 0) is 6.42 Å². The zero-order valence-corrected chi connectivity index (χ0v) is 8.91. The average molecular weight is 206 g/mol. The van der Waals surface area contributed by atoms with Crippen LogP contribution in [0.4, 0.5) is 6.01 Å². The molecule has 1 aromatic heterocycles. The molecule has 0 aliphatic carbocycles. The summed E-state index contributed by atoms with van der Waals surface area (Å²) in [5.74, 6) is 0.780. The second kappa shape index (κ2) is 3.81. The molecule has 4 nitrogen and oxygen atoms in total. The highest BCUT2D eigenvalue weighted by Gasteiger charge is 2.10. The van der Waals surface area contributed by atoms with Gasteiger partial charge in [-0.2, -0.15) is 4.98 Å². The Kier molecular flexibility index (Phi) is 2.49. The van der Waals surface area contributed by atoms with E-state index in [2.05, 4.69) is 11.9 Å². The van der Waals surface area contributed by atoms with Crippen LogP contribution in [0.25, 0.3) is 11.1 Å². The molecule has 80 valence electrons. The van der Waals surface area contributed by atoms with Gasteiger partial charge in [-0.1, -0.05) is 13.3 Å². The molecule has 0 atom stereocenters. The molecule has 0 bridgehead atoms. The first-order chi connectivity index (χ1) is 7.24. The van der Waals surface area contributed by atoms with Crippen LogP contribution in [-0.4, -0.2) is 12.1 Å². The normalized spacial score (nSPS) is 10.8. The first-order valence-electron chi connectivity index (χ1n) is 4.97. The van der Waals surface area contributed by atoms with E-state index in [1.54, 1.807) is 13.2 Å². The summed E-state index contributed by atoms with van der Waals surface area (Å²) in [5, 5.41) is 0. The fraction of sp³-hybridized carbons (Fsp3) is 0.364. The molecule has 1 heterocycles. The zero-order chi connectivity index (χ0) is 10.8. The van der Waals surface area contributed by atoms with Gasteiger partial charge in [0, 0.05) is 6.07 Å². The van der Waals surface area contributed by atoms with Crippen LogP contribution in [0.1, 0.15) is 18.9 Å². The number of hydrogen-bond acceptors (Lipinski definition) is 4. The van der Waals surface area contributed by atoms with E-state index in [9.17, 15) is 0 Å². The van der Waals surface area contributed by atoms with Gasteiger partial charge in [-0.25, -0.2) is 0 Å². The molecule has 1 aromatic carbocycles. The van der Waals surface area contributed by atoms with Gasteiger partial charge >= 0.3 is 0 Å². The Morgan fingerprint density at radius 2 is 2.27 bits per heavy atom. The van der Waals surface area contributed by atoms with Crippen LogP contribution in [0.5, 0.6) is 5.75 Å². The van der Waals surface area contributed by atoms with E-state index in [4.69, 9.17) is 14.9 Å². The van der Waals surface area contributed by atoms with Crippen LogP contribution in [0.2, 0.25) is 0 Å². The third-order valence-corrected chi connectivity index (χ3v) is 2.32. The van der Waals surface area contributed by atoms with Crippen molar-refractivity contribution in [2.75, 3.05) is 12.8 Å². The smallest absolute Gasteiger partial charge is 0.292 e. The molecule has 15 heavy (non-hydrogen) atoms. The van der Waals surface area contributed by atoms with Crippen molar-refractivity contribution in [2.45, 2.75) is 19.8 Å². The number of nitrogens with zero attached hydrogens (tertiary/aromatic N) is 1. The lowest BCUT2D eigenvalue weighted by molar-refractivity contribution is 0.414. The molecule has 2 N–H and O–H groups in total. The second-order valence-electron chi connectivity index (χ2n) is 3.44. The van der Waals surface area contributed by atoms with Crippen molar-refractivity contribution < 1.29 is 9.15 Å². The Bertz CT molecular complexity index is 477. The Balaban J connectivity index is 2.62. The minimum Gasteiger partial charge on any atom is -0.497 e. The standard InChI is InChI=1S/C11H14N2O2/c1-3-4-7-5-8(14-2)6-9-10(7)13-11(12)15-9/h5-6H,3-4H2,1-2H3,(H2,12,13). The Labute approximate surface area is 88.0 Å². The summed E-state index contributed by atoms with van der Waals surface area (Å²) < 4.78 is 10.5. The van der Waals surface area contributed by atoms with Crippen molar-refractivity contribution in [1.82, 2.24) is 4.98 Å². The first-order valence-corrected chi connectivity index (χ1v) is 4.97. The van der Waals surface area contributed by atoms with E-state index in [1.807, 2.05) is 6.07 Å². The lowest BCUT2D eigenvalue weighted by Crippen LogP contribution is -1.89. The number of hydrogen-bond donors (Lipinski definition) is 1. The number of fused-ring (bicyclic) bond motifs is 1. The van der Waals surface area contributed by atoms with Gasteiger partial charge in [-0.05, 0) is 18.1 Å². The van der Waals surface area contributed by atoms with Gasteiger partial charge in [-0.15, -0.1) is 0 Å². The number of ether oxygens (including phenoxy) is 1. The quantitative estimate of drug-likeness (QED) is 0.837. The van der Waals surface area contributed by atoms with Crippen molar-refractivity contribution in [3.63, 3.8) is 0 Å². The molecule has 0 amide bonds.